The van der Waals surface area contributed by atoms with E-state index in [1.807, 2.05) is 25.1 Å². The molecule has 0 aliphatic rings. The molecular formula is C22H30O2S. The first kappa shape index (κ1) is 21.3. The Morgan fingerprint density at radius 1 is 1.12 bits per heavy atom. The van der Waals surface area contributed by atoms with Crippen molar-refractivity contribution in [2.24, 2.45) is 0 Å². The molecule has 0 aliphatic heterocycles. The molecule has 0 spiro atoms. The number of methoxy groups -OCH3 is 1. The molecule has 0 saturated heterocycles. The minimum absolute atomic E-state index is 0.222. The molecule has 0 radical (unpaired) electrons. The van der Waals surface area contributed by atoms with E-state index in [1.54, 1.807) is 17.8 Å². The summed E-state index contributed by atoms with van der Waals surface area (Å²) >= 11 is 1.79. The van der Waals surface area contributed by atoms with Gasteiger partial charge in [0.1, 0.15) is 0 Å². The van der Waals surface area contributed by atoms with E-state index in [9.17, 15) is 4.79 Å². The highest BCUT2D eigenvalue weighted by Gasteiger charge is 2.13. The van der Waals surface area contributed by atoms with Crippen LogP contribution in [0, 0.1) is 0 Å². The van der Waals surface area contributed by atoms with Gasteiger partial charge in [-0.2, -0.15) is 0 Å². The van der Waals surface area contributed by atoms with Gasteiger partial charge in [0.15, 0.2) is 0 Å². The van der Waals surface area contributed by atoms with Crippen molar-refractivity contribution in [1.29, 1.82) is 0 Å². The van der Waals surface area contributed by atoms with E-state index < -0.39 is 0 Å². The van der Waals surface area contributed by atoms with Gasteiger partial charge in [0.05, 0.1) is 7.11 Å². The van der Waals surface area contributed by atoms with E-state index >= 15 is 0 Å². The summed E-state index contributed by atoms with van der Waals surface area (Å²) in [6.07, 6.45) is 9.24. The highest BCUT2D eigenvalue weighted by atomic mass is 32.2. The molecule has 1 unspecified atom stereocenters. The zero-order valence-corrected chi connectivity index (χ0v) is 16.9. The predicted octanol–water partition coefficient (Wildman–Crippen LogP) is 6.35. The number of hydrogen-bond donors (Lipinski definition) is 0. The Balaban J connectivity index is 2.81. The average molecular weight is 359 g/mol. The third-order valence-corrected chi connectivity index (χ3v) is 5.24. The Hall–Kier alpha value is -1.74. The SMILES string of the molecule is COC(=O)/C=C(/C)C(C/C=C(/C)CCC=C(C)C)Sc1ccccc1. The Bertz CT molecular complexity index is 623. The van der Waals surface area contributed by atoms with Gasteiger partial charge in [0, 0.05) is 16.2 Å². The largest absolute Gasteiger partial charge is 0.466 e. The summed E-state index contributed by atoms with van der Waals surface area (Å²) in [6.45, 7) is 8.45. The summed E-state index contributed by atoms with van der Waals surface area (Å²) in [5.74, 6) is -0.291. The lowest BCUT2D eigenvalue weighted by molar-refractivity contribution is -0.134. The van der Waals surface area contributed by atoms with Gasteiger partial charge < -0.3 is 4.74 Å². The summed E-state index contributed by atoms with van der Waals surface area (Å²) < 4.78 is 4.78. The van der Waals surface area contributed by atoms with Gasteiger partial charge in [-0.05, 0) is 59.1 Å². The van der Waals surface area contributed by atoms with Gasteiger partial charge in [-0.25, -0.2) is 4.79 Å². The van der Waals surface area contributed by atoms with Crippen molar-refractivity contribution in [2.75, 3.05) is 7.11 Å². The van der Waals surface area contributed by atoms with Gasteiger partial charge in [-0.15, -0.1) is 11.8 Å². The Labute approximate surface area is 157 Å². The van der Waals surface area contributed by atoms with Crippen LogP contribution in [-0.4, -0.2) is 18.3 Å². The van der Waals surface area contributed by atoms with Crippen LogP contribution in [0.5, 0.6) is 0 Å². The van der Waals surface area contributed by atoms with Crippen LogP contribution in [0.1, 0.15) is 47.0 Å². The maximum Gasteiger partial charge on any atom is 0.330 e. The van der Waals surface area contributed by atoms with Crippen LogP contribution >= 0.6 is 11.8 Å². The zero-order chi connectivity index (χ0) is 18.7. The van der Waals surface area contributed by atoms with Gasteiger partial charge in [0.2, 0.25) is 0 Å². The maximum atomic E-state index is 11.6. The molecule has 0 heterocycles. The molecule has 0 amide bonds. The maximum absolute atomic E-state index is 11.6. The molecule has 0 N–H and O–H groups in total. The second kappa shape index (κ2) is 11.8. The highest BCUT2D eigenvalue weighted by Crippen LogP contribution is 2.31. The van der Waals surface area contributed by atoms with E-state index in [0.717, 1.165) is 24.8 Å². The third kappa shape index (κ3) is 9.35. The Morgan fingerprint density at radius 3 is 2.40 bits per heavy atom. The van der Waals surface area contributed by atoms with E-state index in [1.165, 1.54) is 23.2 Å². The molecular weight excluding hydrogens is 328 g/mol. The minimum atomic E-state index is -0.291. The number of hydrogen-bond acceptors (Lipinski definition) is 3. The monoisotopic (exact) mass is 358 g/mol. The van der Waals surface area contributed by atoms with Crippen LogP contribution in [0.15, 0.2) is 70.2 Å². The van der Waals surface area contributed by atoms with E-state index in [-0.39, 0.29) is 11.2 Å². The fraction of sp³-hybridized carbons (Fsp3) is 0.409. The Kier molecular flexibility index (Phi) is 10.0. The fourth-order valence-electron chi connectivity index (χ4n) is 2.33. The van der Waals surface area contributed by atoms with Crippen molar-refractivity contribution in [3.8, 4) is 0 Å². The van der Waals surface area contributed by atoms with E-state index in [2.05, 4.69) is 45.1 Å². The molecule has 1 aromatic rings. The van der Waals surface area contributed by atoms with Crippen LogP contribution in [0.25, 0.3) is 0 Å². The summed E-state index contributed by atoms with van der Waals surface area (Å²) in [4.78, 5) is 12.8. The molecule has 0 aliphatic carbocycles. The molecule has 1 rings (SSSR count). The normalized spacial score (nSPS) is 13.3. The van der Waals surface area contributed by atoms with Crippen molar-refractivity contribution < 1.29 is 9.53 Å². The Morgan fingerprint density at radius 2 is 1.80 bits per heavy atom. The molecule has 0 aromatic heterocycles. The number of esters is 1. The molecule has 0 fully saturated rings. The summed E-state index contributed by atoms with van der Waals surface area (Å²) in [6, 6.07) is 10.3. The first-order valence-corrected chi connectivity index (χ1v) is 9.57. The van der Waals surface area contributed by atoms with Crippen molar-refractivity contribution >= 4 is 17.7 Å². The molecule has 0 bridgehead atoms. The van der Waals surface area contributed by atoms with E-state index in [4.69, 9.17) is 4.74 Å². The number of rotatable bonds is 9. The standard InChI is InChI=1S/C22H30O2S/c1-17(2)10-9-11-18(3)14-15-21(19(4)16-22(23)24-5)25-20-12-7-6-8-13-20/h6-8,10,12-14,16,21H,9,11,15H2,1-5H3/b18-14-,19-16-. The zero-order valence-electron chi connectivity index (χ0n) is 16.0. The van der Waals surface area contributed by atoms with Crippen LogP contribution in [-0.2, 0) is 9.53 Å². The van der Waals surface area contributed by atoms with Crippen LogP contribution in [0.3, 0.4) is 0 Å². The smallest absolute Gasteiger partial charge is 0.330 e. The van der Waals surface area contributed by atoms with Crippen molar-refractivity contribution in [2.45, 2.75) is 57.1 Å². The summed E-state index contributed by atoms with van der Waals surface area (Å²) in [5.41, 5.74) is 3.79. The third-order valence-electron chi connectivity index (χ3n) is 3.85. The molecule has 0 saturated carbocycles. The van der Waals surface area contributed by atoms with Gasteiger partial charge in [-0.1, -0.05) is 47.1 Å². The second-order valence-corrected chi connectivity index (χ2v) is 7.71. The van der Waals surface area contributed by atoms with Gasteiger partial charge >= 0.3 is 5.97 Å². The number of allylic oxidation sites excluding steroid dienone is 4. The molecule has 3 heteroatoms. The topological polar surface area (TPSA) is 26.3 Å². The van der Waals surface area contributed by atoms with Crippen molar-refractivity contribution in [1.82, 2.24) is 0 Å². The number of carbonyl (C=O) groups excluding carboxylic acids is 1. The number of ether oxygens (including phenoxy) is 1. The van der Waals surface area contributed by atoms with Crippen LogP contribution < -0.4 is 0 Å². The first-order valence-electron chi connectivity index (χ1n) is 8.69. The van der Waals surface area contributed by atoms with Crippen molar-refractivity contribution in [3.05, 3.63) is 65.3 Å². The number of carbonyl (C=O) groups is 1. The van der Waals surface area contributed by atoms with Crippen LogP contribution in [0.4, 0.5) is 0 Å². The summed E-state index contributed by atoms with van der Waals surface area (Å²) in [5, 5.41) is 0.222. The molecule has 2 nitrogen and oxygen atoms in total. The molecule has 136 valence electrons. The molecule has 25 heavy (non-hydrogen) atoms. The van der Waals surface area contributed by atoms with E-state index in [0.29, 0.717) is 0 Å². The predicted molar refractivity (Wildman–Crippen MR) is 109 cm³/mol. The lowest BCUT2D eigenvalue weighted by Gasteiger charge is -2.16. The van der Waals surface area contributed by atoms with Gasteiger partial charge in [-0.3, -0.25) is 0 Å². The number of thioether (sulfide) groups is 1. The highest BCUT2D eigenvalue weighted by molar-refractivity contribution is 8.00. The first-order chi connectivity index (χ1) is 11.9. The van der Waals surface area contributed by atoms with Crippen molar-refractivity contribution in [3.63, 3.8) is 0 Å². The fourth-order valence-corrected chi connectivity index (χ4v) is 3.42. The lowest BCUT2D eigenvalue weighted by atomic mass is 10.1. The van der Waals surface area contributed by atoms with Crippen LogP contribution in [0.2, 0.25) is 0 Å². The quantitative estimate of drug-likeness (QED) is 0.223. The average Bonchev–Trinajstić information content (AvgIpc) is 2.58. The summed E-state index contributed by atoms with van der Waals surface area (Å²) in [7, 11) is 1.42. The molecule has 1 aromatic carbocycles. The molecule has 1 atom stereocenters. The number of benzene rings is 1. The lowest BCUT2D eigenvalue weighted by Crippen LogP contribution is -2.07. The minimum Gasteiger partial charge on any atom is -0.466 e. The van der Waals surface area contributed by atoms with Gasteiger partial charge in [0.25, 0.3) is 0 Å². The second-order valence-electron chi connectivity index (χ2n) is 6.44.